The van der Waals surface area contributed by atoms with Crippen LogP contribution in [0.4, 0.5) is 4.39 Å². The fourth-order valence-corrected chi connectivity index (χ4v) is 5.49. The molecular weight excluding hydrogens is 473 g/mol. The highest BCUT2D eigenvalue weighted by Crippen LogP contribution is 2.30. The Balaban J connectivity index is 1.81. The van der Waals surface area contributed by atoms with Crippen LogP contribution >= 0.6 is 0 Å². The van der Waals surface area contributed by atoms with Crippen molar-refractivity contribution < 1.29 is 27.2 Å². The number of fused-ring (bicyclic) bond motifs is 1. The Morgan fingerprint density at radius 3 is 2.34 bits per heavy atom. The van der Waals surface area contributed by atoms with E-state index in [1.807, 2.05) is 13.8 Å². The molecule has 0 saturated carbocycles. The van der Waals surface area contributed by atoms with Crippen LogP contribution in [0.1, 0.15) is 49.5 Å². The summed E-state index contributed by atoms with van der Waals surface area (Å²) in [6, 6.07) is 10.7. The predicted molar refractivity (Wildman–Crippen MR) is 128 cm³/mol. The first-order valence-electron chi connectivity index (χ1n) is 11.5. The van der Waals surface area contributed by atoms with Gasteiger partial charge in [0.05, 0.1) is 5.56 Å². The van der Waals surface area contributed by atoms with E-state index in [-0.39, 0.29) is 41.8 Å². The minimum atomic E-state index is -4.05. The Labute approximate surface area is 205 Å². The number of nitrogens with zero attached hydrogens (tertiary/aromatic N) is 2. The number of amides is 3. The molecule has 3 rings (SSSR count). The predicted octanol–water partition coefficient (Wildman–Crippen LogP) is 2.94. The molecular formula is C25H30FN3O5S. The van der Waals surface area contributed by atoms with Crippen molar-refractivity contribution in [3.05, 3.63) is 65.5 Å². The van der Waals surface area contributed by atoms with E-state index in [1.165, 1.54) is 47.4 Å². The third kappa shape index (κ3) is 5.87. The molecule has 2 aromatic rings. The van der Waals surface area contributed by atoms with E-state index in [9.17, 15) is 27.2 Å². The molecule has 2 aromatic carbocycles. The van der Waals surface area contributed by atoms with Crippen molar-refractivity contribution in [2.45, 2.75) is 51.1 Å². The van der Waals surface area contributed by atoms with Crippen molar-refractivity contribution >= 4 is 27.7 Å². The van der Waals surface area contributed by atoms with E-state index < -0.39 is 33.7 Å². The highest BCUT2D eigenvalue weighted by Gasteiger charge is 2.41. The first kappa shape index (κ1) is 26.3. The van der Waals surface area contributed by atoms with E-state index in [0.717, 1.165) is 0 Å². The summed E-state index contributed by atoms with van der Waals surface area (Å²) in [5, 5.41) is 2.84. The van der Waals surface area contributed by atoms with E-state index in [0.29, 0.717) is 22.8 Å². The number of sulfonamides is 1. The number of carbonyl (C=O) groups excluding carboxylic acids is 3. The van der Waals surface area contributed by atoms with Crippen LogP contribution in [-0.4, -0.2) is 54.5 Å². The molecule has 0 spiro atoms. The quantitative estimate of drug-likeness (QED) is 0.537. The molecule has 0 fully saturated rings. The lowest BCUT2D eigenvalue weighted by molar-refractivity contribution is -0.141. The van der Waals surface area contributed by atoms with Crippen LogP contribution < -0.4 is 5.32 Å². The first-order valence-corrected chi connectivity index (χ1v) is 13.0. The first-order chi connectivity index (χ1) is 16.6. The maximum atomic E-state index is 13.4. The van der Waals surface area contributed by atoms with Gasteiger partial charge in [0.25, 0.3) is 15.9 Å². The van der Waals surface area contributed by atoms with E-state index in [1.54, 1.807) is 13.0 Å². The number of rotatable bonds is 10. The van der Waals surface area contributed by atoms with Gasteiger partial charge in [-0.05, 0) is 42.2 Å². The standard InChI is InChI=1S/C25H30FN3O5S/c1-4-21(24(31)27-15-17(2)3)28(16-18-9-11-19(26)12-10-18)23(30)13-14-29-25(32)20-7-5-6-8-22(20)35(29,33)34/h5-12,17,21H,4,13-16H2,1-3H3,(H,27,31)/t21-/m0/s1. The minimum absolute atomic E-state index is 0.0354. The van der Waals surface area contributed by atoms with Crippen molar-refractivity contribution in [1.29, 1.82) is 0 Å². The Morgan fingerprint density at radius 2 is 1.74 bits per heavy atom. The Bertz CT molecular complexity index is 1200. The molecule has 1 aliphatic heterocycles. The summed E-state index contributed by atoms with van der Waals surface area (Å²) in [6.07, 6.45) is 0.0252. The van der Waals surface area contributed by atoms with Gasteiger partial charge in [-0.2, -0.15) is 0 Å². The van der Waals surface area contributed by atoms with Crippen LogP contribution in [0.15, 0.2) is 53.4 Å². The molecule has 0 radical (unpaired) electrons. The van der Waals surface area contributed by atoms with Crippen LogP contribution in [0.25, 0.3) is 0 Å². The fraction of sp³-hybridized carbons (Fsp3) is 0.400. The lowest BCUT2D eigenvalue weighted by Gasteiger charge is -2.31. The third-order valence-electron chi connectivity index (χ3n) is 5.78. The SMILES string of the molecule is CC[C@@H](C(=O)NCC(C)C)N(Cc1ccc(F)cc1)C(=O)CCN1C(=O)c2ccccc2S1(=O)=O. The topological polar surface area (TPSA) is 104 Å². The van der Waals surface area contributed by atoms with Crippen LogP contribution in [0.3, 0.4) is 0 Å². The molecule has 1 atom stereocenters. The summed E-state index contributed by atoms with van der Waals surface area (Å²) < 4.78 is 39.7. The number of nitrogens with one attached hydrogen (secondary N) is 1. The van der Waals surface area contributed by atoms with E-state index >= 15 is 0 Å². The summed E-state index contributed by atoms with van der Waals surface area (Å²) in [5.41, 5.74) is 0.690. The smallest absolute Gasteiger partial charge is 0.269 e. The average molecular weight is 504 g/mol. The van der Waals surface area contributed by atoms with Crippen LogP contribution in [-0.2, 0) is 26.2 Å². The van der Waals surface area contributed by atoms with Gasteiger partial charge >= 0.3 is 0 Å². The van der Waals surface area contributed by atoms with Gasteiger partial charge in [-0.15, -0.1) is 0 Å². The van der Waals surface area contributed by atoms with Crippen molar-refractivity contribution in [1.82, 2.24) is 14.5 Å². The maximum absolute atomic E-state index is 13.4. The highest BCUT2D eigenvalue weighted by molar-refractivity contribution is 7.90. The molecule has 0 bridgehead atoms. The summed E-state index contributed by atoms with van der Waals surface area (Å²) in [5.74, 6) is -1.70. The van der Waals surface area contributed by atoms with Crippen LogP contribution in [0, 0.1) is 11.7 Å². The van der Waals surface area contributed by atoms with Crippen molar-refractivity contribution in [2.24, 2.45) is 5.92 Å². The molecule has 0 aliphatic carbocycles. The molecule has 188 valence electrons. The maximum Gasteiger partial charge on any atom is 0.269 e. The molecule has 1 N–H and O–H groups in total. The molecule has 3 amide bonds. The van der Waals surface area contributed by atoms with Crippen molar-refractivity contribution in [3.63, 3.8) is 0 Å². The number of hydrogen-bond acceptors (Lipinski definition) is 5. The highest BCUT2D eigenvalue weighted by atomic mass is 32.2. The van der Waals surface area contributed by atoms with Gasteiger partial charge in [-0.3, -0.25) is 14.4 Å². The normalized spacial score (nSPS) is 15.1. The monoisotopic (exact) mass is 503 g/mol. The van der Waals surface area contributed by atoms with E-state index in [4.69, 9.17) is 0 Å². The van der Waals surface area contributed by atoms with Crippen molar-refractivity contribution in [2.75, 3.05) is 13.1 Å². The average Bonchev–Trinajstić information content (AvgIpc) is 3.02. The summed E-state index contributed by atoms with van der Waals surface area (Å²) in [6.45, 7) is 5.80. The largest absolute Gasteiger partial charge is 0.354 e. The summed E-state index contributed by atoms with van der Waals surface area (Å²) in [4.78, 5) is 40.2. The Hall–Kier alpha value is -3.27. The second kappa shape index (κ2) is 11.0. The molecule has 0 unspecified atom stereocenters. The molecule has 1 aliphatic rings. The zero-order valence-corrected chi connectivity index (χ0v) is 20.8. The Kier molecular flexibility index (Phi) is 8.26. The van der Waals surface area contributed by atoms with Gasteiger partial charge < -0.3 is 10.2 Å². The zero-order chi connectivity index (χ0) is 25.8. The lowest BCUT2D eigenvalue weighted by Crippen LogP contribution is -2.50. The minimum Gasteiger partial charge on any atom is -0.354 e. The zero-order valence-electron chi connectivity index (χ0n) is 20.0. The van der Waals surface area contributed by atoms with Gasteiger partial charge in [-0.25, -0.2) is 17.1 Å². The number of hydrogen-bond donors (Lipinski definition) is 1. The van der Waals surface area contributed by atoms with Gasteiger partial charge in [0, 0.05) is 26.1 Å². The second-order valence-corrected chi connectivity index (χ2v) is 10.7. The van der Waals surface area contributed by atoms with Crippen LogP contribution in [0.5, 0.6) is 0 Å². The van der Waals surface area contributed by atoms with Gasteiger partial charge in [0.2, 0.25) is 11.8 Å². The van der Waals surface area contributed by atoms with Gasteiger partial charge in [0.1, 0.15) is 16.8 Å². The number of halogens is 1. The van der Waals surface area contributed by atoms with Gasteiger partial charge in [-0.1, -0.05) is 45.0 Å². The molecule has 35 heavy (non-hydrogen) atoms. The molecule has 0 saturated heterocycles. The Morgan fingerprint density at radius 1 is 1.09 bits per heavy atom. The second-order valence-electron chi connectivity index (χ2n) is 8.84. The summed E-state index contributed by atoms with van der Waals surface area (Å²) >= 11 is 0. The van der Waals surface area contributed by atoms with E-state index in [2.05, 4.69) is 5.32 Å². The van der Waals surface area contributed by atoms with Gasteiger partial charge in [0.15, 0.2) is 0 Å². The number of benzene rings is 2. The summed E-state index contributed by atoms with van der Waals surface area (Å²) in [7, 11) is -4.05. The molecule has 1 heterocycles. The lowest BCUT2D eigenvalue weighted by atomic mass is 10.1. The molecule has 10 heteroatoms. The molecule has 8 nitrogen and oxygen atoms in total. The fourth-order valence-electron chi connectivity index (χ4n) is 3.92. The molecule has 0 aromatic heterocycles. The third-order valence-corrected chi connectivity index (χ3v) is 7.62. The number of carbonyl (C=O) groups is 3. The van der Waals surface area contributed by atoms with Crippen molar-refractivity contribution in [3.8, 4) is 0 Å². The van der Waals surface area contributed by atoms with Crippen LogP contribution in [0.2, 0.25) is 0 Å².